The summed E-state index contributed by atoms with van der Waals surface area (Å²) in [5, 5.41) is 0. The largest absolute Gasteiger partial charge is 0.573 e. The van der Waals surface area contributed by atoms with E-state index in [4.69, 9.17) is 5.73 Å². The Morgan fingerprint density at radius 3 is 2.52 bits per heavy atom. The van der Waals surface area contributed by atoms with Crippen LogP contribution in [0.5, 0.6) is 5.75 Å². The number of halogens is 5. The third-order valence-electron chi connectivity index (χ3n) is 2.30. The molecule has 1 rings (SSSR count). The molecule has 0 fully saturated rings. The molecule has 0 spiro atoms. The molecule has 0 heterocycles. The van der Waals surface area contributed by atoms with Crippen molar-refractivity contribution < 1.29 is 31.8 Å². The molecular formula is C12H14ClF4NO3. The molecule has 0 bridgehead atoms. The lowest BCUT2D eigenvalue weighted by Crippen LogP contribution is -2.31. The van der Waals surface area contributed by atoms with Crippen LogP contribution in [0.1, 0.15) is 18.5 Å². The zero-order valence-electron chi connectivity index (χ0n) is 10.9. The molecule has 0 aromatic heterocycles. The monoisotopic (exact) mass is 331 g/mol. The van der Waals surface area contributed by atoms with Crippen molar-refractivity contribution in [1.29, 1.82) is 0 Å². The van der Waals surface area contributed by atoms with Crippen molar-refractivity contribution in [3.63, 3.8) is 0 Å². The minimum absolute atomic E-state index is 0. The number of ether oxygens (including phenoxy) is 2. The maximum atomic E-state index is 13.7. The summed E-state index contributed by atoms with van der Waals surface area (Å²) >= 11 is 0. The SMILES string of the molecule is CCOC(=O)C(F)[C@@H](N)c1cccc(OC(F)(F)F)c1.Cl. The molecule has 2 atom stereocenters. The van der Waals surface area contributed by atoms with Crippen LogP contribution in [-0.4, -0.2) is 25.1 Å². The minimum Gasteiger partial charge on any atom is -0.464 e. The quantitative estimate of drug-likeness (QED) is 0.665. The molecule has 0 radical (unpaired) electrons. The van der Waals surface area contributed by atoms with Crippen molar-refractivity contribution in [2.75, 3.05) is 6.61 Å². The van der Waals surface area contributed by atoms with E-state index in [1.54, 1.807) is 0 Å². The Morgan fingerprint density at radius 2 is 2.00 bits per heavy atom. The lowest BCUT2D eigenvalue weighted by molar-refractivity contribution is -0.274. The van der Waals surface area contributed by atoms with E-state index in [9.17, 15) is 22.4 Å². The van der Waals surface area contributed by atoms with Crippen LogP contribution < -0.4 is 10.5 Å². The number of hydrogen-bond acceptors (Lipinski definition) is 4. The molecule has 4 nitrogen and oxygen atoms in total. The standard InChI is InChI=1S/C12H13F4NO3.ClH/c1-2-19-11(18)9(13)10(17)7-4-3-5-8(6-7)20-12(14,15)16;/h3-6,9-10H,2,17H2,1H3;1H/t9?,10-;/m0./s1. The number of nitrogens with two attached hydrogens (primary N) is 1. The molecule has 1 aromatic rings. The first kappa shape index (κ1) is 19.5. The maximum Gasteiger partial charge on any atom is 0.573 e. The molecule has 21 heavy (non-hydrogen) atoms. The Hall–Kier alpha value is -1.54. The Bertz CT molecular complexity index is 470. The van der Waals surface area contributed by atoms with Gasteiger partial charge in [0.05, 0.1) is 12.6 Å². The van der Waals surface area contributed by atoms with Gasteiger partial charge in [-0.25, -0.2) is 9.18 Å². The third kappa shape index (κ3) is 6.17. The predicted octanol–water partition coefficient (Wildman–Crippen LogP) is 2.91. The Labute approximate surface area is 124 Å². The second kappa shape index (κ2) is 8.04. The van der Waals surface area contributed by atoms with Crippen LogP contribution in [-0.2, 0) is 9.53 Å². The highest BCUT2D eigenvalue weighted by atomic mass is 35.5. The lowest BCUT2D eigenvalue weighted by atomic mass is 10.0. The molecule has 0 aliphatic carbocycles. The smallest absolute Gasteiger partial charge is 0.464 e. The predicted molar refractivity (Wildman–Crippen MR) is 68.8 cm³/mol. The van der Waals surface area contributed by atoms with Gasteiger partial charge >= 0.3 is 12.3 Å². The van der Waals surface area contributed by atoms with Crippen LogP contribution in [0.4, 0.5) is 17.6 Å². The summed E-state index contributed by atoms with van der Waals surface area (Å²) in [5.74, 6) is -1.70. The van der Waals surface area contributed by atoms with Crippen LogP contribution in [0.3, 0.4) is 0 Å². The molecule has 9 heteroatoms. The molecule has 2 N–H and O–H groups in total. The van der Waals surface area contributed by atoms with Gasteiger partial charge in [0.15, 0.2) is 0 Å². The van der Waals surface area contributed by atoms with Gasteiger partial charge in [-0.1, -0.05) is 12.1 Å². The highest BCUT2D eigenvalue weighted by Crippen LogP contribution is 2.26. The van der Waals surface area contributed by atoms with E-state index in [0.29, 0.717) is 0 Å². The number of esters is 1. The van der Waals surface area contributed by atoms with Gasteiger partial charge in [-0.15, -0.1) is 25.6 Å². The van der Waals surface area contributed by atoms with E-state index in [-0.39, 0.29) is 24.6 Å². The summed E-state index contributed by atoms with van der Waals surface area (Å²) < 4.78 is 58.0. The maximum absolute atomic E-state index is 13.7. The zero-order chi connectivity index (χ0) is 15.3. The summed E-state index contributed by atoms with van der Waals surface area (Å²) in [5.41, 5.74) is 5.48. The Balaban J connectivity index is 0.00000400. The van der Waals surface area contributed by atoms with Gasteiger partial charge < -0.3 is 15.2 Å². The second-order valence-electron chi connectivity index (χ2n) is 3.80. The van der Waals surface area contributed by atoms with Crippen LogP contribution in [0, 0.1) is 0 Å². The first-order valence-electron chi connectivity index (χ1n) is 5.66. The fourth-order valence-corrected chi connectivity index (χ4v) is 1.46. The van der Waals surface area contributed by atoms with Crippen molar-refractivity contribution in [2.24, 2.45) is 5.73 Å². The molecular weight excluding hydrogens is 318 g/mol. The number of rotatable bonds is 5. The first-order valence-corrected chi connectivity index (χ1v) is 5.66. The highest BCUT2D eigenvalue weighted by molar-refractivity contribution is 5.85. The second-order valence-corrected chi connectivity index (χ2v) is 3.80. The van der Waals surface area contributed by atoms with E-state index in [0.717, 1.165) is 12.1 Å². The molecule has 0 aliphatic heterocycles. The van der Waals surface area contributed by atoms with Crippen LogP contribution in [0.15, 0.2) is 24.3 Å². The van der Waals surface area contributed by atoms with Crippen molar-refractivity contribution in [3.05, 3.63) is 29.8 Å². The average molecular weight is 332 g/mol. The normalized spacial score (nSPS) is 13.8. The van der Waals surface area contributed by atoms with Gasteiger partial charge in [-0.3, -0.25) is 0 Å². The molecule has 1 aromatic carbocycles. The summed E-state index contributed by atoms with van der Waals surface area (Å²) in [6, 6.07) is 3.03. The third-order valence-corrected chi connectivity index (χ3v) is 2.30. The lowest BCUT2D eigenvalue weighted by Gasteiger charge is -2.17. The fraction of sp³-hybridized carbons (Fsp3) is 0.417. The van der Waals surface area contributed by atoms with E-state index in [2.05, 4.69) is 9.47 Å². The van der Waals surface area contributed by atoms with Gasteiger partial charge in [-0.05, 0) is 24.6 Å². The number of carbonyl (C=O) groups is 1. The summed E-state index contributed by atoms with van der Waals surface area (Å²) in [7, 11) is 0. The topological polar surface area (TPSA) is 61.5 Å². The molecule has 0 aliphatic rings. The first-order chi connectivity index (χ1) is 9.24. The summed E-state index contributed by atoms with van der Waals surface area (Å²) in [6.07, 6.45) is -7.03. The van der Waals surface area contributed by atoms with Crippen molar-refractivity contribution >= 4 is 18.4 Å². The fourth-order valence-electron chi connectivity index (χ4n) is 1.46. The number of benzene rings is 1. The van der Waals surface area contributed by atoms with Crippen molar-refractivity contribution in [1.82, 2.24) is 0 Å². The molecule has 120 valence electrons. The number of alkyl halides is 4. The van der Waals surface area contributed by atoms with Gasteiger partial charge in [0, 0.05) is 0 Å². The molecule has 0 saturated carbocycles. The van der Waals surface area contributed by atoms with E-state index < -0.39 is 30.3 Å². The Kier molecular flexibility index (Phi) is 7.45. The van der Waals surface area contributed by atoms with Crippen LogP contribution >= 0.6 is 12.4 Å². The van der Waals surface area contributed by atoms with Gasteiger partial charge in [0.2, 0.25) is 6.17 Å². The zero-order valence-corrected chi connectivity index (χ0v) is 11.7. The summed E-state index contributed by atoms with van der Waals surface area (Å²) in [4.78, 5) is 11.2. The van der Waals surface area contributed by atoms with Crippen LogP contribution in [0.2, 0.25) is 0 Å². The van der Waals surface area contributed by atoms with Gasteiger partial charge in [0.1, 0.15) is 5.75 Å². The summed E-state index contributed by atoms with van der Waals surface area (Å²) in [6.45, 7) is 1.47. The van der Waals surface area contributed by atoms with E-state index in [1.807, 2.05) is 0 Å². The molecule has 0 amide bonds. The van der Waals surface area contributed by atoms with Crippen LogP contribution in [0.25, 0.3) is 0 Å². The number of carbonyl (C=O) groups excluding carboxylic acids is 1. The molecule has 1 unspecified atom stereocenters. The van der Waals surface area contributed by atoms with E-state index in [1.165, 1.54) is 19.1 Å². The average Bonchev–Trinajstić information content (AvgIpc) is 2.35. The van der Waals surface area contributed by atoms with Gasteiger partial charge in [-0.2, -0.15) is 0 Å². The Morgan fingerprint density at radius 1 is 1.38 bits per heavy atom. The van der Waals surface area contributed by atoms with Gasteiger partial charge in [0.25, 0.3) is 0 Å². The van der Waals surface area contributed by atoms with Crippen molar-refractivity contribution in [2.45, 2.75) is 25.5 Å². The van der Waals surface area contributed by atoms with E-state index >= 15 is 0 Å². The minimum atomic E-state index is -4.86. The highest BCUT2D eigenvalue weighted by Gasteiger charge is 2.32. The molecule has 0 saturated heterocycles. The van der Waals surface area contributed by atoms with Crippen molar-refractivity contribution in [3.8, 4) is 5.75 Å². The number of hydrogen-bond donors (Lipinski definition) is 1.